The minimum absolute atomic E-state index is 0.0828. The first-order valence-corrected chi connectivity index (χ1v) is 7.17. The van der Waals surface area contributed by atoms with Gasteiger partial charge in [0.2, 0.25) is 0 Å². The second-order valence-corrected chi connectivity index (χ2v) is 5.03. The van der Waals surface area contributed by atoms with Gasteiger partial charge in [0.1, 0.15) is 11.6 Å². The lowest BCUT2D eigenvalue weighted by Crippen LogP contribution is -2.41. The molecular weight excluding hydrogens is 275 g/mol. The fourth-order valence-electron chi connectivity index (χ4n) is 2.29. The molecule has 6 heteroatoms. The number of hydrogen-bond donors (Lipinski definition) is 2. The van der Waals surface area contributed by atoms with Crippen molar-refractivity contribution < 1.29 is 18.7 Å². The molecule has 0 spiro atoms. The number of halogens is 1. The maximum atomic E-state index is 13.2. The smallest absolute Gasteiger partial charge is 0.258 e. The molecule has 1 fully saturated rings. The van der Waals surface area contributed by atoms with Crippen LogP contribution >= 0.6 is 0 Å². The van der Waals surface area contributed by atoms with Gasteiger partial charge in [-0.1, -0.05) is 0 Å². The van der Waals surface area contributed by atoms with Gasteiger partial charge in [-0.3, -0.25) is 4.79 Å². The first kappa shape index (κ1) is 15.7. The molecule has 5 nitrogen and oxygen atoms in total. The van der Waals surface area contributed by atoms with E-state index in [0.717, 1.165) is 12.8 Å². The first-order chi connectivity index (χ1) is 10.2. The summed E-state index contributed by atoms with van der Waals surface area (Å²) in [6, 6.07) is 4.37. The van der Waals surface area contributed by atoms with Crippen molar-refractivity contribution in [1.29, 1.82) is 0 Å². The quantitative estimate of drug-likeness (QED) is 0.821. The van der Waals surface area contributed by atoms with E-state index in [4.69, 9.17) is 15.2 Å². The Morgan fingerprint density at radius 3 is 2.90 bits per heavy atom. The highest BCUT2D eigenvalue weighted by Crippen LogP contribution is 2.20. The molecule has 0 unspecified atom stereocenters. The number of carbonyl (C=O) groups excluding carboxylic acids is 1. The number of amides is 1. The molecule has 1 heterocycles. The largest absolute Gasteiger partial charge is 0.483 e. The predicted molar refractivity (Wildman–Crippen MR) is 76.6 cm³/mol. The van der Waals surface area contributed by atoms with Crippen LogP contribution in [0.5, 0.6) is 5.75 Å². The Bertz CT molecular complexity index is 476. The van der Waals surface area contributed by atoms with Gasteiger partial charge in [0.25, 0.3) is 5.91 Å². The van der Waals surface area contributed by atoms with Crippen LogP contribution in [-0.4, -0.2) is 38.3 Å². The maximum Gasteiger partial charge on any atom is 0.258 e. The monoisotopic (exact) mass is 296 g/mol. The molecule has 1 aromatic carbocycles. The van der Waals surface area contributed by atoms with Crippen molar-refractivity contribution in [2.24, 2.45) is 5.73 Å². The van der Waals surface area contributed by atoms with Gasteiger partial charge in [-0.2, -0.15) is 0 Å². The Morgan fingerprint density at radius 1 is 1.43 bits per heavy atom. The van der Waals surface area contributed by atoms with Crippen molar-refractivity contribution in [3.05, 3.63) is 29.6 Å². The van der Waals surface area contributed by atoms with Gasteiger partial charge in [0.05, 0.1) is 0 Å². The number of rotatable bonds is 6. The lowest BCUT2D eigenvalue weighted by Gasteiger charge is -2.23. The average molecular weight is 296 g/mol. The molecule has 21 heavy (non-hydrogen) atoms. The highest BCUT2D eigenvalue weighted by molar-refractivity contribution is 5.77. The van der Waals surface area contributed by atoms with Gasteiger partial charge < -0.3 is 20.5 Å². The molecule has 0 aliphatic carbocycles. The van der Waals surface area contributed by atoms with Crippen molar-refractivity contribution >= 4 is 5.91 Å². The van der Waals surface area contributed by atoms with Crippen LogP contribution in [-0.2, 0) is 16.0 Å². The fourth-order valence-corrected chi connectivity index (χ4v) is 2.29. The van der Waals surface area contributed by atoms with E-state index in [1.807, 2.05) is 0 Å². The minimum atomic E-state index is -0.336. The van der Waals surface area contributed by atoms with E-state index in [9.17, 15) is 9.18 Å². The lowest BCUT2D eigenvalue weighted by molar-refractivity contribution is -0.124. The minimum Gasteiger partial charge on any atom is -0.483 e. The Hall–Kier alpha value is -1.66. The maximum absolute atomic E-state index is 13.2. The van der Waals surface area contributed by atoms with Crippen LogP contribution in [0, 0.1) is 5.82 Å². The fraction of sp³-hybridized carbons (Fsp3) is 0.533. The van der Waals surface area contributed by atoms with Crippen LogP contribution in [0.25, 0.3) is 0 Å². The Labute approximate surface area is 123 Å². The molecule has 0 aromatic heterocycles. The molecule has 0 bridgehead atoms. The molecule has 1 aliphatic rings. The molecule has 3 N–H and O–H groups in total. The second kappa shape index (κ2) is 7.95. The Kier molecular flexibility index (Phi) is 5.95. The van der Waals surface area contributed by atoms with Crippen LogP contribution in [0.2, 0.25) is 0 Å². The van der Waals surface area contributed by atoms with Crippen LogP contribution < -0.4 is 15.8 Å². The zero-order valence-corrected chi connectivity index (χ0v) is 11.9. The molecule has 0 radical (unpaired) electrons. The molecule has 1 aliphatic heterocycles. The van der Waals surface area contributed by atoms with Crippen molar-refractivity contribution in [2.75, 3.05) is 26.4 Å². The van der Waals surface area contributed by atoms with E-state index in [-0.39, 0.29) is 24.4 Å². The van der Waals surface area contributed by atoms with Gasteiger partial charge in [-0.25, -0.2) is 4.39 Å². The molecule has 1 saturated heterocycles. The van der Waals surface area contributed by atoms with Crippen molar-refractivity contribution in [2.45, 2.75) is 25.3 Å². The molecule has 116 valence electrons. The average Bonchev–Trinajstić information content (AvgIpc) is 2.48. The van der Waals surface area contributed by atoms with E-state index in [2.05, 4.69) is 5.32 Å². The summed E-state index contributed by atoms with van der Waals surface area (Å²) in [5.41, 5.74) is 6.17. The lowest BCUT2D eigenvalue weighted by atomic mass is 10.1. The Morgan fingerprint density at radius 2 is 2.19 bits per heavy atom. The standard InChI is InChI=1S/C15H21FN2O3/c16-12-1-2-14(11(9-12)3-6-17)21-10-15(19)18-13-4-7-20-8-5-13/h1-2,9,13H,3-8,10,17H2,(H,18,19). The van der Waals surface area contributed by atoms with E-state index in [1.54, 1.807) is 0 Å². The highest BCUT2D eigenvalue weighted by atomic mass is 19.1. The number of nitrogens with two attached hydrogens (primary N) is 1. The summed E-state index contributed by atoms with van der Waals surface area (Å²) < 4.78 is 23.9. The summed E-state index contributed by atoms with van der Waals surface area (Å²) in [5.74, 6) is -0.00800. The van der Waals surface area contributed by atoms with Crippen molar-refractivity contribution in [3.8, 4) is 5.75 Å². The summed E-state index contributed by atoms with van der Waals surface area (Å²) in [4.78, 5) is 11.8. The number of carbonyl (C=O) groups is 1. The summed E-state index contributed by atoms with van der Waals surface area (Å²) in [7, 11) is 0. The first-order valence-electron chi connectivity index (χ1n) is 7.17. The highest BCUT2D eigenvalue weighted by Gasteiger charge is 2.16. The van der Waals surface area contributed by atoms with Gasteiger partial charge in [0, 0.05) is 19.3 Å². The van der Waals surface area contributed by atoms with E-state index < -0.39 is 0 Å². The zero-order valence-electron chi connectivity index (χ0n) is 11.9. The van der Waals surface area contributed by atoms with Crippen LogP contribution in [0.3, 0.4) is 0 Å². The van der Waals surface area contributed by atoms with Crippen LogP contribution in [0.4, 0.5) is 4.39 Å². The molecule has 1 amide bonds. The zero-order chi connectivity index (χ0) is 15.1. The van der Waals surface area contributed by atoms with Crippen LogP contribution in [0.15, 0.2) is 18.2 Å². The third-order valence-electron chi connectivity index (χ3n) is 3.38. The number of benzene rings is 1. The number of hydrogen-bond acceptors (Lipinski definition) is 4. The third-order valence-corrected chi connectivity index (χ3v) is 3.38. The van der Waals surface area contributed by atoms with Crippen LogP contribution in [0.1, 0.15) is 18.4 Å². The molecule has 2 rings (SSSR count). The van der Waals surface area contributed by atoms with Gasteiger partial charge in [0.15, 0.2) is 6.61 Å². The topological polar surface area (TPSA) is 73.6 Å². The molecule has 0 saturated carbocycles. The second-order valence-electron chi connectivity index (χ2n) is 5.03. The number of nitrogens with one attached hydrogen (secondary N) is 1. The molecule has 0 atom stereocenters. The van der Waals surface area contributed by atoms with Gasteiger partial charge in [-0.15, -0.1) is 0 Å². The van der Waals surface area contributed by atoms with Crippen molar-refractivity contribution in [1.82, 2.24) is 5.32 Å². The normalized spacial score (nSPS) is 15.7. The molecule has 1 aromatic rings. The summed E-state index contributed by atoms with van der Waals surface area (Å²) in [6.07, 6.45) is 2.15. The summed E-state index contributed by atoms with van der Waals surface area (Å²) in [6.45, 7) is 1.66. The van der Waals surface area contributed by atoms with E-state index in [0.29, 0.717) is 37.5 Å². The third kappa shape index (κ3) is 4.99. The van der Waals surface area contributed by atoms with Gasteiger partial charge >= 0.3 is 0 Å². The van der Waals surface area contributed by atoms with Gasteiger partial charge in [-0.05, 0) is 49.6 Å². The number of ether oxygens (including phenoxy) is 2. The summed E-state index contributed by atoms with van der Waals surface area (Å²) >= 11 is 0. The summed E-state index contributed by atoms with van der Waals surface area (Å²) in [5, 5.41) is 2.91. The predicted octanol–water partition coefficient (Wildman–Crippen LogP) is 1.00. The molecular formula is C15H21FN2O3. The van der Waals surface area contributed by atoms with Crippen molar-refractivity contribution in [3.63, 3.8) is 0 Å². The Balaban J connectivity index is 1.85. The SMILES string of the molecule is NCCc1cc(F)ccc1OCC(=O)NC1CCOCC1. The van der Waals surface area contributed by atoms with E-state index in [1.165, 1.54) is 18.2 Å². The van der Waals surface area contributed by atoms with E-state index >= 15 is 0 Å².